The minimum atomic E-state index is -3.47. The molecular weight excluding hydrogens is 264 g/mol. The van der Waals surface area contributed by atoms with E-state index in [-0.39, 0.29) is 5.03 Å². The van der Waals surface area contributed by atoms with Gasteiger partial charge in [0.25, 0.3) is 10.0 Å². The quantitative estimate of drug-likeness (QED) is 0.804. The molecule has 1 saturated heterocycles. The van der Waals surface area contributed by atoms with Gasteiger partial charge >= 0.3 is 0 Å². The van der Waals surface area contributed by atoms with Crippen molar-refractivity contribution in [3.63, 3.8) is 0 Å². The molecule has 0 bridgehead atoms. The molecule has 0 spiro atoms. The molecule has 1 aromatic rings. The molecule has 2 heterocycles. The Hall–Kier alpha value is -0.920. The summed E-state index contributed by atoms with van der Waals surface area (Å²) in [6.07, 6.45) is 4.72. The summed E-state index contributed by atoms with van der Waals surface area (Å²) in [7, 11) is -3.47. The molecule has 2 N–H and O–H groups in total. The van der Waals surface area contributed by atoms with Crippen LogP contribution in [0, 0.1) is 6.92 Å². The summed E-state index contributed by atoms with van der Waals surface area (Å²) in [4.78, 5) is 4.10. The van der Waals surface area contributed by atoms with Gasteiger partial charge in [-0.25, -0.2) is 18.1 Å². The second kappa shape index (κ2) is 6.02. The average Bonchev–Trinajstić information content (AvgIpc) is 2.98. The number of nitrogens with zero attached hydrogens (tertiary/aromatic N) is 2. The standard InChI is InChI=1S/C12H22N4O2S/c1-3-16-9-12(15-10(16)2)19(17,18)14-8-6-11-5-4-7-13-11/h9,11,13-14H,3-8H2,1-2H3/t11-/m0/s1. The van der Waals surface area contributed by atoms with Gasteiger partial charge in [-0.1, -0.05) is 0 Å². The van der Waals surface area contributed by atoms with Crippen LogP contribution in [0.3, 0.4) is 0 Å². The topological polar surface area (TPSA) is 76.0 Å². The predicted molar refractivity (Wildman–Crippen MR) is 73.5 cm³/mol. The van der Waals surface area contributed by atoms with Gasteiger partial charge in [0.1, 0.15) is 5.82 Å². The SMILES string of the molecule is CCn1cc(S(=O)(=O)NCC[C@@H]2CCCN2)nc1C. The molecule has 108 valence electrons. The molecule has 0 radical (unpaired) electrons. The molecule has 7 heteroatoms. The molecule has 0 saturated carbocycles. The molecule has 1 aliphatic rings. The van der Waals surface area contributed by atoms with Gasteiger partial charge in [0.05, 0.1) is 0 Å². The molecule has 0 aliphatic carbocycles. The summed E-state index contributed by atoms with van der Waals surface area (Å²) in [6.45, 7) is 5.99. The molecule has 19 heavy (non-hydrogen) atoms. The van der Waals surface area contributed by atoms with Crippen LogP contribution in [0.25, 0.3) is 0 Å². The summed E-state index contributed by atoms with van der Waals surface area (Å²) >= 11 is 0. The molecule has 1 aromatic heterocycles. The largest absolute Gasteiger partial charge is 0.334 e. The number of hydrogen-bond acceptors (Lipinski definition) is 4. The number of imidazole rings is 1. The fraction of sp³-hybridized carbons (Fsp3) is 0.750. The lowest BCUT2D eigenvalue weighted by atomic mass is 10.2. The number of aromatic nitrogens is 2. The third kappa shape index (κ3) is 3.55. The molecule has 0 aromatic carbocycles. The van der Waals surface area contributed by atoms with Gasteiger partial charge in [-0.3, -0.25) is 0 Å². The Morgan fingerprint density at radius 3 is 2.95 bits per heavy atom. The van der Waals surface area contributed by atoms with Crippen molar-refractivity contribution < 1.29 is 8.42 Å². The second-order valence-electron chi connectivity index (χ2n) is 4.89. The second-order valence-corrected chi connectivity index (χ2v) is 6.61. The predicted octanol–water partition coefficient (Wildman–Crippen LogP) is 0.632. The summed E-state index contributed by atoms with van der Waals surface area (Å²) < 4.78 is 28.6. The van der Waals surface area contributed by atoms with Crippen molar-refractivity contribution in [1.29, 1.82) is 0 Å². The highest BCUT2D eigenvalue weighted by Gasteiger charge is 2.20. The Morgan fingerprint density at radius 1 is 1.58 bits per heavy atom. The van der Waals surface area contributed by atoms with Crippen molar-refractivity contribution in [1.82, 2.24) is 19.6 Å². The van der Waals surface area contributed by atoms with Crippen LogP contribution >= 0.6 is 0 Å². The fourth-order valence-corrected chi connectivity index (χ4v) is 3.43. The van der Waals surface area contributed by atoms with E-state index in [2.05, 4.69) is 15.0 Å². The Balaban J connectivity index is 1.93. The number of rotatable bonds is 6. The van der Waals surface area contributed by atoms with Crippen LogP contribution in [0.2, 0.25) is 0 Å². The summed E-state index contributed by atoms with van der Waals surface area (Å²) in [5, 5.41) is 3.47. The van der Waals surface area contributed by atoms with Gasteiger partial charge in [0.2, 0.25) is 0 Å². The molecule has 2 rings (SSSR count). The highest BCUT2D eigenvalue weighted by Crippen LogP contribution is 2.11. The van der Waals surface area contributed by atoms with Gasteiger partial charge in [0.15, 0.2) is 5.03 Å². The first kappa shape index (κ1) is 14.5. The lowest BCUT2D eigenvalue weighted by molar-refractivity contribution is 0.538. The first-order valence-corrected chi connectivity index (χ1v) is 8.28. The lowest BCUT2D eigenvalue weighted by Gasteiger charge is -2.10. The van der Waals surface area contributed by atoms with Gasteiger partial charge in [0, 0.05) is 25.3 Å². The molecule has 0 unspecified atom stereocenters. The lowest BCUT2D eigenvalue weighted by Crippen LogP contribution is -2.30. The highest BCUT2D eigenvalue weighted by atomic mass is 32.2. The van der Waals surface area contributed by atoms with E-state index in [1.165, 1.54) is 6.42 Å². The third-order valence-electron chi connectivity index (χ3n) is 3.52. The average molecular weight is 286 g/mol. The van der Waals surface area contributed by atoms with Crippen molar-refractivity contribution in [2.24, 2.45) is 0 Å². The van der Waals surface area contributed by atoms with Crippen molar-refractivity contribution in [2.75, 3.05) is 13.1 Å². The summed E-state index contributed by atoms with van der Waals surface area (Å²) in [5.41, 5.74) is 0. The van der Waals surface area contributed by atoms with Crippen molar-refractivity contribution >= 4 is 10.0 Å². The van der Waals surface area contributed by atoms with E-state index in [9.17, 15) is 8.42 Å². The summed E-state index contributed by atoms with van der Waals surface area (Å²) in [5.74, 6) is 0.723. The number of sulfonamides is 1. The molecule has 6 nitrogen and oxygen atoms in total. The van der Waals surface area contributed by atoms with E-state index in [0.29, 0.717) is 12.6 Å². The Labute approximate surface area is 114 Å². The van der Waals surface area contributed by atoms with Crippen LogP contribution in [-0.4, -0.2) is 37.1 Å². The molecular formula is C12H22N4O2S. The van der Waals surface area contributed by atoms with E-state index in [1.807, 2.05) is 18.4 Å². The first-order chi connectivity index (χ1) is 9.03. The molecule has 1 aliphatic heterocycles. The van der Waals surface area contributed by atoms with Gasteiger partial charge < -0.3 is 9.88 Å². The minimum absolute atomic E-state index is 0.117. The van der Waals surface area contributed by atoms with E-state index in [1.54, 1.807) is 6.20 Å². The molecule has 0 amide bonds. The van der Waals surface area contributed by atoms with Crippen LogP contribution in [0.4, 0.5) is 0 Å². The van der Waals surface area contributed by atoms with Crippen molar-refractivity contribution in [3.8, 4) is 0 Å². The Kier molecular flexibility index (Phi) is 4.59. The minimum Gasteiger partial charge on any atom is -0.334 e. The number of hydrogen-bond donors (Lipinski definition) is 2. The van der Waals surface area contributed by atoms with Crippen LogP contribution < -0.4 is 10.0 Å². The fourth-order valence-electron chi connectivity index (χ4n) is 2.37. The van der Waals surface area contributed by atoms with E-state index >= 15 is 0 Å². The van der Waals surface area contributed by atoms with Crippen LogP contribution in [-0.2, 0) is 16.6 Å². The van der Waals surface area contributed by atoms with Crippen molar-refractivity contribution in [3.05, 3.63) is 12.0 Å². The maximum absolute atomic E-state index is 12.1. The third-order valence-corrected chi connectivity index (χ3v) is 4.85. The zero-order valence-corrected chi connectivity index (χ0v) is 12.3. The van der Waals surface area contributed by atoms with E-state index < -0.39 is 10.0 Å². The van der Waals surface area contributed by atoms with Crippen LogP contribution in [0.5, 0.6) is 0 Å². The summed E-state index contributed by atoms with van der Waals surface area (Å²) in [6, 6.07) is 0.442. The monoisotopic (exact) mass is 286 g/mol. The molecule has 1 fully saturated rings. The number of nitrogens with one attached hydrogen (secondary N) is 2. The zero-order valence-electron chi connectivity index (χ0n) is 11.5. The van der Waals surface area contributed by atoms with E-state index in [4.69, 9.17) is 0 Å². The normalized spacial score (nSPS) is 20.0. The molecule has 1 atom stereocenters. The van der Waals surface area contributed by atoms with Gasteiger partial charge in [-0.2, -0.15) is 0 Å². The maximum atomic E-state index is 12.1. The van der Waals surface area contributed by atoms with Crippen molar-refractivity contribution in [2.45, 2.75) is 50.7 Å². The smallest absolute Gasteiger partial charge is 0.259 e. The first-order valence-electron chi connectivity index (χ1n) is 6.79. The Bertz CT molecular complexity index is 518. The number of aryl methyl sites for hydroxylation is 2. The van der Waals surface area contributed by atoms with Gasteiger partial charge in [-0.15, -0.1) is 0 Å². The highest BCUT2D eigenvalue weighted by molar-refractivity contribution is 7.89. The van der Waals surface area contributed by atoms with Crippen LogP contribution in [0.15, 0.2) is 11.2 Å². The van der Waals surface area contributed by atoms with E-state index in [0.717, 1.165) is 31.8 Å². The Morgan fingerprint density at radius 2 is 2.37 bits per heavy atom. The zero-order chi connectivity index (χ0) is 13.9. The van der Waals surface area contributed by atoms with Gasteiger partial charge in [-0.05, 0) is 39.7 Å². The maximum Gasteiger partial charge on any atom is 0.259 e. The van der Waals surface area contributed by atoms with Crippen LogP contribution in [0.1, 0.15) is 32.0 Å².